The van der Waals surface area contributed by atoms with E-state index >= 15 is 0 Å². The summed E-state index contributed by atoms with van der Waals surface area (Å²) in [6.07, 6.45) is 3.66. The maximum atomic E-state index is 13.1. The van der Waals surface area contributed by atoms with Gasteiger partial charge in [0, 0.05) is 36.6 Å². The van der Waals surface area contributed by atoms with E-state index in [9.17, 15) is 9.18 Å². The highest BCUT2D eigenvalue weighted by molar-refractivity contribution is 5.95. The van der Waals surface area contributed by atoms with Gasteiger partial charge in [0.15, 0.2) is 5.82 Å². The molecule has 0 saturated heterocycles. The van der Waals surface area contributed by atoms with Gasteiger partial charge >= 0.3 is 0 Å². The summed E-state index contributed by atoms with van der Waals surface area (Å²) in [5.41, 5.74) is 2.11. The normalized spacial score (nSPS) is 10.5. The second-order valence-corrected chi connectivity index (χ2v) is 6.56. The van der Waals surface area contributed by atoms with Gasteiger partial charge in [0.25, 0.3) is 5.91 Å². The number of hydrogen-bond acceptors (Lipinski definition) is 4. The van der Waals surface area contributed by atoms with Crippen molar-refractivity contribution in [3.05, 3.63) is 72.2 Å². The number of aromatic nitrogens is 2. The second-order valence-electron chi connectivity index (χ2n) is 6.56. The fourth-order valence-electron chi connectivity index (χ4n) is 2.76. The zero-order valence-corrected chi connectivity index (χ0v) is 16.0. The first kappa shape index (κ1) is 19.5. The number of carbonyl (C=O) groups excluding carboxylic acids is 1. The smallest absolute Gasteiger partial charge is 0.253 e. The molecule has 1 amide bonds. The topological polar surface area (TPSA) is 58.1 Å². The van der Waals surface area contributed by atoms with E-state index in [1.54, 1.807) is 35.4 Å². The Kier molecular flexibility index (Phi) is 6.32. The van der Waals surface area contributed by atoms with E-state index in [-0.39, 0.29) is 11.7 Å². The van der Waals surface area contributed by atoms with Crippen LogP contribution in [0.4, 0.5) is 15.9 Å². The predicted octanol–water partition coefficient (Wildman–Crippen LogP) is 4.90. The molecular weight excluding hydrogens is 355 g/mol. The predicted molar refractivity (Wildman–Crippen MR) is 109 cm³/mol. The number of nitrogens with one attached hydrogen (secondary N) is 1. The number of rotatable bonds is 7. The van der Waals surface area contributed by atoms with E-state index in [0.29, 0.717) is 17.2 Å². The monoisotopic (exact) mass is 378 g/mol. The van der Waals surface area contributed by atoms with Crippen molar-refractivity contribution in [1.82, 2.24) is 14.9 Å². The van der Waals surface area contributed by atoms with Crippen LogP contribution >= 0.6 is 0 Å². The Labute approximate surface area is 164 Å². The average molecular weight is 378 g/mol. The molecule has 0 aliphatic carbocycles. The molecule has 3 rings (SSSR count). The largest absolute Gasteiger partial charge is 0.342 e. The van der Waals surface area contributed by atoms with E-state index in [1.807, 2.05) is 25.2 Å². The molecule has 0 radical (unpaired) electrons. The van der Waals surface area contributed by atoms with Crippen LogP contribution in [0.15, 0.2) is 60.8 Å². The van der Waals surface area contributed by atoms with Crippen molar-refractivity contribution in [3.8, 4) is 11.4 Å². The minimum atomic E-state index is -0.302. The Hall–Kier alpha value is -3.28. The number of unbranched alkanes of at least 4 members (excludes halogenated alkanes) is 1. The van der Waals surface area contributed by atoms with Crippen LogP contribution < -0.4 is 5.32 Å². The molecule has 0 atom stereocenters. The van der Waals surface area contributed by atoms with E-state index in [1.165, 1.54) is 12.1 Å². The van der Waals surface area contributed by atoms with Gasteiger partial charge < -0.3 is 10.2 Å². The second kappa shape index (κ2) is 9.08. The van der Waals surface area contributed by atoms with Crippen molar-refractivity contribution in [2.75, 3.05) is 18.9 Å². The van der Waals surface area contributed by atoms with Crippen molar-refractivity contribution in [1.29, 1.82) is 0 Å². The number of hydrogen-bond donors (Lipinski definition) is 1. The van der Waals surface area contributed by atoms with Gasteiger partial charge in [0.2, 0.25) is 0 Å². The van der Waals surface area contributed by atoms with Crippen LogP contribution in [-0.2, 0) is 0 Å². The molecule has 1 heterocycles. The highest BCUT2D eigenvalue weighted by Crippen LogP contribution is 2.20. The molecule has 0 aliphatic rings. The van der Waals surface area contributed by atoms with E-state index in [0.717, 1.165) is 30.6 Å². The highest BCUT2D eigenvalue weighted by Gasteiger charge is 2.12. The van der Waals surface area contributed by atoms with Crippen LogP contribution in [0.2, 0.25) is 0 Å². The number of nitrogens with zero attached hydrogens (tertiary/aromatic N) is 3. The van der Waals surface area contributed by atoms with Gasteiger partial charge in [-0.3, -0.25) is 4.79 Å². The molecule has 28 heavy (non-hydrogen) atoms. The molecule has 0 bridgehead atoms. The molecule has 0 spiro atoms. The molecule has 0 aliphatic heterocycles. The lowest BCUT2D eigenvalue weighted by Crippen LogP contribution is -2.27. The fraction of sp³-hybridized carbons (Fsp3) is 0.227. The lowest BCUT2D eigenvalue weighted by atomic mass is 10.1. The first-order chi connectivity index (χ1) is 13.6. The third-order valence-electron chi connectivity index (χ3n) is 4.33. The Bertz CT molecular complexity index is 943. The lowest BCUT2D eigenvalue weighted by Gasteiger charge is -2.17. The molecule has 6 heteroatoms. The first-order valence-electron chi connectivity index (χ1n) is 9.28. The van der Waals surface area contributed by atoms with Gasteiger partial charge in [-0.2, -0.15) is 0 Å². The molecule has 3 aromatic rings. The third kappa shape index (κ3) is 4.91. The molecule has 144 valence electrons. The van der Waals surface area contributed by atoms with Crippen LogP contribution in [0.3, 0.4) is 0 Å². The lowest BCUT2D eigenvalue weighted by molar-refractivity contribution is 0.0793. The van der Waals surface area contributed by atoms with Gasteiger partial charge in [0.1, 0.15) is 11.6 Å². The number of amides is 1. The van der Waals surface area contributed by atoms with Gasteiger partial charge in [-0.05, 0) is 55.0 Å². The Balaban J connectivity index is 1.76. The van der Waals surface area contributed by atoms with E-state index < -0.39 is 0 Å². The van der Waals surface area contributed by atoms with Crippen LogP contribution in [0, 0.1) is 5.82 Å². The van der Waals surface area contributed by atoms with Crippen LogP contribution in [0.5, 0.6) is 0 Å². The Morgan fingerprint density at radius 2 is 1.93 bits per heavy atom. The highest BCUT2D eigenvalue weighted by atomic mass is 19.1. The molecule has 5 nitrogen and oxygen atoms in total. The Morgan fingerprint density at radius 1 is 1.14 bits per heavy atom. The minimum Gasteiger partial charge on any atom is -0.342 e. The van der Waals surface area contributed by atoms with Crippen molar-refractivity contribution >= 4 is 17.4 Å². The average Bonchev–Trinajstić information content (AvgIpc) is 2.72. The van der Waals surface area contributed by atoms with Gasteiger partial charge in [-0.1, -0.05) is 19.4 Å². The molecule has 0 unspecified atom stereocenters. The summed E-state index contributed by atoms with van der Waals surface area (Å²) in [5.74, 6) is 0.782. The summed E-state index contributed by atoms with van der Waals surface area (Å²) in [5, 5.41) is 3.21. The maximum Gasteiger partial charge on any atom is 0.253 e. The standard InChI is InChI=1S/C22H23FN4O/c1-3-4-14-27(2)22(28)17-6-5-7-19(15-17)25-20-12-13-24-21(26-20)16-8-10-18(23)11-9-16/h5-13,15H,3-4,14H2,1-2H3,(H,24,25,26). The molecule has 0 saturated carbocycles. The van der Waals surface area contributed by atoms with E-state index in [4.69, 9.17) is 0 Å². The number of anilines is 2. The first-order valence-corrected chi connectivity index (χ1v) is 9.28. The molecule has 0 fully saturated rings. The number of halogens is 1. The number of carbonyl (C=O) groups is 1. The quantitative estimate of drug-likeness (QED) is 0.635. The summed E-state index contributed by atoms with van der Waals surface area (Å²) in [7, 11) is 1.82. The van der Waals surface area contributed by atoms with Crippen LogP contribution in [0.25, 0.3) is 11.4 Å². The zero-order chi connectivity index (χ0) is 19.9. The Morgan fingerprint density at radius 3 is 2.68 bits per heavy atom. The summed E-state index contributed by atoms with van der Waals surface area (Å²) in [6, 6.07) is 15.1. The van der Waals surface area contributed by atoms with E-state index in [2.05, 4.69) is 22.2 Å². The summed E-state index contributed by atoms with van der Waals surface area (Å²) in [4.78, 5) is 23.0. The minimum absolute atomic E-state index is 0.00760. The summed E-state index contributed by atoms with van der Waals surface area (Å²) >= 11 is 0. The fourth-order valence-corrected chi connectivity index (χ4v) is 2.76. The van der Waals surface area contributed by atoms with Crippen molar-refractivity contribution in [3.63, 3.8) is 0 Å². The van der Waals surface area contributed by atoms with Gasteiger partial charge in [-0.15, -0.1) is 0 Å². The summed E-state index contributed by atoms with van der Waals surface area (Å²) in [6.45, 7) is 2.84. The molecule has 2 aromatic carbocycles. The van der Waals surface area contributed by atoms with Gasteiger partial charge in [-0.25, -0.2) is 14.4 Å². The van der Waals surface area contributed by atoms with Crippen molar-refractivity contribution in [2.45, 2.75) is 19.8 Å². The molecular formula is C22H23FN4O. The van der Waals surface area contributed by atoms with Crippen LogP contribution in [0.1, 0.15) is 30.1 Å². The third-order valence-corrected chi connectivity index (χ3v) is 4.33. The molecule has 1 aromatic heterocycles. The molecule has 1 N–H and O–H groups in total. The van der Waals surface area contributed by atoms with Crippen molar-refractivity contribution < 1.29 is 9.18 Å². The van der Waals surface area contributed by atoms with Gasteiger partial charge in [0.05, 0.1) is 0 Å². The maximum absolute atomic E-state index is 13.1. The zero-order valence-electron chi connectivity index (χ0n) is 16.0. The van der Waals surface area contributed by atoms with Crippen LogP contribution in [-0.4, -0.2) is 34.4 Å². The SMILES string of the molecule is CCCCN(C)C(=O)c1cccc(Nc2ccnc(-c3ccc(F)cc3)n2)c1. The van der Waals surface area contributed by atoms with Crippen molar-refractivity contribution in [2.24, 2.45) is 0 Å². The number of benzene rings is 2. The summed E-state index contributed by atoms with van der Waals surface area (Å²) < 4.78 is 13.1.